The lowest BCUT2D eigenvalue weighted by molar-refractivity contribution is -0.122. The summed E-state index contributed by atoms with van der Waals surface area (Å²) in [5, 5.41) is 2.27. The van der Waals surface area contributed by atoms with E-state index in [0.29, 0.717) is 23.7 Å². The van der Waals surface area contributed by atoms with Crippen LogP contribution in [0.5, 0.6) is 17.2 Å². The quantitative estimate of drug-likeness (QED) is 0.217. The molecule has 206 valence electrons. The number of carbonyl (C=O) groups is 3. The Kier molecular flexibility index (Phi) is 6.84. The van der Waals surface area contributed by atoms with E-state index >= 15 is 0 Å². The molecule has 1 aromatic heterocycles. The monoisotopic (exact) mass is 613 g/mol. The molecule has 4 amide bonds. The number of rotatable bonds is 6. The Balaban J connectivity index is 1.24. The first-order chi connectivity index (χ1) is 19.8. The standard InChI is InChI=1S/C31H24BrN3O6/c1-18-13-21(19(2)34(18)23-7-10-25(11-8-23)39-16-20-3-5-22(32)6-4-20)14-26-29(36)33-31(38)35(30(26)37)24-9-12-27-28(15-24)41-17-40-27/h3-15H,16-17H2,1-2H3,(H,33,36,38)/b26-14+. The summed E-state index contributed by atoms with van der Waals surface area (Å²) in [6, 6.07) is 21.4. The number of ether oxygens (including phenoxy) is 3. The highest BCUT2D eigenvalue weighted by atomic mass is 79.9. The Morgan fingerprint density at radius 3 is 2.37 bits per heavy atom. The van der Waals surface area contributed by atoms with Crippen molar-refractivity contribution in [3.05, 3.63) is 105 Å². The molecule has 6 rings (SSSR count). The molecule has 3 aromatic carbocycles. The number of aromatic nitrogens is 1. The van der Waals surface area contributed by atoms with Gasteiger partial charge in [0.1, 0.15) is 17.9 Å². The van der Waals surface area contributed by atoms with E-state index in [2.05, 4.69) is 21.2 Å². The molecular weight excluding hydrogens is 590 g/mol. The van der Waals surface area contributed by atoms with Crippen molar-refractivity contribution in [3.8, 4) is 22.9 Å². The number of fused-ring (bicyclic) bond motifs is 1. The average Bonchev–Trinajstić information content (AvgIpc) is 3.54. The van der Waals surface area contributed by atoms with Crippen molar-refractivity contribution < 1.29 is 28.6 Å². The lowest BCUT2D eigenvalue weighted by Gasteiger charge is -2.26. The molecule has 0 spiro atoms. The number of carbonyl (C=O) groups excluding carboxylic acids is 3. The molecule has 1 fully saturated rings. The summed E-state index contributed by atoms with van der Waals surface area (Å²) in [6.07, 6.45) is 1.51. The molecule has 3 heterocycles. The third-order valence-electron chi connectivity index (χ3n) is 6.90. The van der Waals surface area contributed by atoms with E-state index in [9.17, 15) is 14.4 Å². The van der Waals surface area contributed by atoms with Gasteiger partial charge in [0.25, 0.3) is 11.8 Å². The Bertz CT molecular complexity index is 1720. The first-order valence-electron chi connectivity index (χ1n) is 12.8. The van der Waals surface area contributed by atoms with Crippen molar-refractivity contribution in [2.75, 3.05) is 11.7 Å². The van der Waals surface area contributed by atoms with Crippen LogP contribution < -0.4 is 24.4 Å². The van der Waals surface area contributed by atoms with Gasteiger partial charge in [-0.25, -0.2) is 9.69 Å². The minimum atomic E-state index is -0.830. The van der Waals surface area contributed by atoms with Crippen LogP contribution in [0, 0.1) is 13.8 Å². The summed E-state index contributed by atoms with van der Waals surface area (Å²) in [5.41, 5.74) is 4.49. The third-order valence-corrected chi connectivity index (χ3v) is 7.43. The van der Waals surface area contributed by atoms with Crippen LogP contribution in [0.2, 0.25) is 0 Å². The number of amides is 4. The van der Waals surface area contributed by atoms with Crippen molar-refractivity contribution in [2.45, 2.75) is 20.5 Å². The van der Waals surface area contributed by atoms with Gasteiger partial charge >= 0.3 is 6.03 Å². The Hall–Kier alpha value is -4.83. The zero-order valence-electron chi connectivity index (χ0n) is 22.1. The first kappa shape index (κ1) is 26.4. The highest BCUT2D eigenvalue weighted by Gasteiger charge is 2.37. The summed E-state index contributed by atoms with van der Waals surface area (Å²) in [5.74, 6) is 0.184. The normalized spacial score (nSPS) is 15.4. The molecule has 0 unspecified atom stereocenters. The fourth-order valence-electron chi connectivity index (χ4n) is 4.84. The molecule has 0 atom stereocenters. The van der Waals surface area contributed by atoms with Crippen LogP contribution in [-0.2, 0) is 16.2 Å². The highest BCUT2D eigenvalue weighted by molar-refractivity contribution is 9.10. The van der Waals surface area contributed by atoms with Crippen LogP contribution in [0.15, 0.2) is 82.8 Å². The predicted octanol–water partition coefficient (Wildman–Crippen LogP) is 5.83. The van der Waals surface area contributed by atoms with Crippen molar-refractivity contribution in [3.63, 3.8) is 0 Å². The minimum absolute atomic E-state index is 0.0555. The van der Waals surface area contributed by atoms with E-state index in [1.165, 1.54) is 12.1 Å². The number of barbiturate groups is 1. The second-order valence-corrected chi connectivity index (χ2v) is 10.5. The molecule has 2 aliphatic heterocycles. The van der Waals surface area contributed by atoms with Crippen molar-refractivity contribution in [1.29, 1.82) is 0 Å². The summed E-state index contributed by atoms with van der Waals surface area (Å²) in [7, 11) is 0. The molecule has 1 saturated heterocycles. The molecule has 10 heteroatoms. The van der Waals surface area contributed by atoms with Crippen molar-refractivity contribution in [1.82, 2.24) is 9.88 Å². The predicted molar refractivity (Wildman–Crippen MR) is 155 cm³/mol. The van der Waals surface area contributed by atoms with Crippen LogP contribution in [0.3, 0.4) is 0 Å². The van der Waals surface area contributed by atoms with E-state index < -0.39 is 17.8 Å². The van der Waals surface area contributed by atoms with Gasteiger partial charge in [-0.1, -0.05) is 28.1 Å². The molecular formula is C31H24BrN3O6. The van der Waals surface area contributed by atoms with Crippen LogP contribution in [0.4, 0.5) is 10.5 Å². The molecule has 0 radical (unpaired) electrons. The van der Waals surface area contributed by atoms with E-state index in [4.69, 9.17) is 14.2 Å². The molecule has 9 nitrogen and oxygen atoms in total. The van der Waals surface area contributed by atoms with Gasteiger partial charge in [-0.2, -0.15) is 0 Å². The third kappa shape index (κ3) is 5.09. The molecule has 41 heavy (non-hydrogen) atoms. The smallest absolute Gasteiger partial charge is 0.335 e. The average molecular weight is 614 g/mol. The van der Waals surface area contributed by atoms with Gasteiger partial charge < -0.3 is 18.8 Å². The molecule has 0 saturated carbocycles. The Morgan fingerprint density at radius 2 is 1.61 bits per heavy atom. The number of benzene rings is 3. The van der Waals surface area contributed by atoms with E-state index in [1.54, 1.807) is 12.1 Å². The van der Waals surface area contributed by atoms with Gasteiger partial charge in [-0.05, 0) is 85.6 Å². The summed E-state index contributed by atoms with van der Waals surface area (Å²) in [6.45, 7) is 4.36. The van der Waals surface area contributed by atoms with Crippen LogP contribution >= 0.6 is 15.9 Å². The van der Waals surface area contributed by atoms with Crippen LogP contribution in [0.1, 0.15) is 22.5 Å². The number of halogens is 1. The number of hydrogen-bond donors (Lipinski definition) is 1. The van der Waals surface area contributed by atoms with Crippen LogP contribution in [0.25, 0.3) is 11.8 Å². The van der Waals surface area contributed by atoms with Gasteiger partial charge in [-0.15, -0.1) is 0 Å². The Morgan fingerprint density at radius 1 is 0.902 bits per heavy atom. The van der Waals surface area contributed by atoms with E-state index in [-0.39, 0.29) is 18.1 Å². The molecule has 0 aliphatic carbocycles. The highest BCUT2D eigenvalue weighted by Crippen LogP contribution is 2.36. The zero-order valence-corrected chi connectivity index (χ0v) is 23.7. The summed E-state index contributed by atoms with van der Waals surface area (Å²) >= 11 is 3.44. The van der Waals surface area contributed by atoms with Gasteiger partial charge in [-0.3, -0.25) is 14.9 Å². The number of hydrogen-bond acceptors (Lipinski definition) is 6. The lowest BCUT2D eigenvalue weighted by Crippen LogP contribution is -2.54. The SMILES string of the molecule is Cc1cc(/C=C2\C(=O)NC(=O)N(c3ccc4c(c3)OCO4)C2=O)c(C)n1-c1ccc(OCc2ccc(Br)cc2)cc1. The number of imide groups is 2. The maximum Gasteiger partial charge on any atom is 0.335 e. The largest absolute Gasteiger partial charge is 0.489 e. The molecule has 0 bridgehead atoms. The first-order valence-corrected chi connectivity index (χ1v) is 13.6. The summed E-state index contributed by atoms with van der Waals surface area (Å²) in [4.78, 5) is 39.8. The minimum Gasteiger partial charge on any atom is -0.489 e. The maximum absolute atomic E-state index is 13.4. The zero-order chi connectivity index (χ0) is 28.7. The maximum atomic E-state index is 13.4. The fourth-order valence-corrected chi connectivity index (χ4v) is 5.11. The lowest BCUT2D eigenvalue weighted by atomic mass is 10.1. The number of nitrogens with zero attached hydrogens (tertiary/aromatic N) is 2. The van der Waals surface area contributed by atoms with E-state index in [0.717, 1.165) is 37.8 Å². The van der Waals surface area contributed by atoms with Crippen molar-refractivity contribution in [2.24, 2.45) is 0 Å². The van der Waals surface area contributed by atoms with Gasteiger partial charge in [0.2, 0.25) is 6.79 Å². The molecule has 1 N–H and O–H groups in total. The summed E-state index contributed by atoms with van der Waals surface area (Å²) < 4.78 is 19.7. The molecule has 2 aliphatic rings. The van der Waals surface area contributed by atoms with E-state index in [1.807, 2.05) is 73.0 Å². The van der Waals surface area contributed by atoms with Crippen LogP contribution in [-0.4, -0.2) is 29.2 Å². The van der Waals surface area contributed by atoms with Gasteiger partial charge in [0.15, 0.2) is 11.5 Å². The molecule has 4 aromatic rings. The Labute approximate surface area is 244 Å². The second-order valence-electron chi connectivity index (χ2n) is 9.57. The number of anilines is 1. The topological polar surface area (TPSA) is 99.1 Å². The van der Waals surface area contributed by atoms with Gasteiger partial charge in [0.05, 0.1) is 5.69 Å². The number of aryl methyl sites for hydroxylation is 1. The second kappa shape index (κ2) is 10.6. The number of urea groups is 1. The fraction of sp³-hybridized carbons (Fsp3) is 0.129. The van der Waals surface area contributed by atoms with Gasteiger partial charge in [0, 0.05) is 27.6 Å². The number of nitrogens with one attached hydrogen (secondary N) is 1. The van der Waals surface area contributed by atoms with Crippen molar-refractivity contribution >= 4 is 45.5 Å².